The minimum Gasteiger partial charge on any atom is -0.478 e. The van der Waals surface area contributed by atoms with Crippen LogP contribution in [0.3, 0.4) is 0 Å². The molecule has 136 valence electrons. The van der Waals surface area contributed by atoms with Crippen LogP contribution in [-0.2, 0) is 0 Å². The molecule has 7 heteroatoms. The standard InChI is InChI=1S/C22H13FN2O2S.K/c23-13-6-7-16-14(10-13)15(22(26)27)11-18(24-16)12-5-8-21-19(9-12)25-17-3-1-2-4-20(17)28-21;/h1-11,25H,(H,26,27);/q;+1. The normalized spacial score (nSPS) is 11.8. The van der Waals surface area contributed by atoms with Gasteiger partial charge in [-0.3, -0.25) is 0 Å². The van der Waals surface area contributed by atoms with Crippen LogP contribution in [0.2, 0.25) is 0 Å². The third kappa shape index (κ3) is 3.86. The van der Waals surface area contributed by atoms with E-state index in [-0.39, 0.29) is 62.3 Å². The van der Waals surface area contributed by atoms with Crippen LogP contribution in [0.5, 0.6) is 0 Å². The average Bonchev–Trinajstić information content (AvgIpc) is 2.71. The second-order valence-corrected chi connectivity index (χ2v) is 7.54. The van der Waals surface area contributed by atoms with Crippen molar-refractivity contribution in [3.8, 4) is 11.3 Å². The predicted octanol–water partition coefficient (Wildman–Crippen LogP) is 2.95. The molecule has 2 N–H and O–H groups in total. The van der Waals surface area contributed by atoms with Crippen molar-refractivity contribution >= 4 is 40.0 Å². The fraction of sp³-hybridized carbons (Fsp3) is 0. The van der Waals surface area contributed by atoms with Gasteiger partial charge in [-0.25, -0.2) is 14.2 Å². The fourth-order valence-electron chi connectivity index (χ4n) is 3.32. The first kappa shape index (κ1) is 20.5. The van der Waals surface area contributed by atoms with Gasteiger partial charge in [0.05, 0.1) is 28.1 Å². The Morgan fingerprint density at radius 2 is 1.76 bits per heavy atom. The summed E-state index contributed by atoms with van der Waals surface area (Å²) in [7, 11) is 0. The summed E-state index contributed by atoms with van der Waals surface area (Å²) >= 11 is 1.68. The number of aromatic carboxylic acids is 1. The molecule has 1 aromatic heterocycles. The molecule has 4 aromatic rings. The molecule has 0 spiro atoms. The second-order valence-electron chi connectivity index (χ2n) is 6.46. The molecule has 0 fully saturated rings. The van der Waals surface area contributed by atoms with Crippen molar-refractivity contribution in [3.05, 3.63) is 78.1 Å². The number of carboxylic acid groups (broad SMARTS) is 1. The number of rotatable bonds is 2. The molecule has 1 aliphatic heterocycles. The van der Waals surface area contributed by atoms with Crippen LogP contribution in [0.25, 0.3) is 22.2 Å². The van der Waals surface area contributed by atoms with E-state index in [9.17, 15) is 14.3 Å². The molecule has 29 heavy (non-hydrogen) atoms. The van der Waals surface area contributed by atoms with Gasteiger partial charge < -0.3 is 10.4 Å². The number of nitrogens with zero attached hydrogens (tertiary/aromatic N) is 1. The molecule has 1 aliphatic rings. The molecule has 0 saturated carbocycles. The zero-order valence-electron chi connectivity index (χ0n) is 15.4. The van der Waals surface area contributed by atoms with Crippen molar-refractivity contribution in [1.29, 1.82) is 0 Å². The SMILES string of the molecule is O=C(O)c1cc(-c2ccc3c(c2)Nc2ccccc2S3)nc2ccc(F)cc12.[K+]. The number of hydrogen-bond donors (Lipinski definition) is 2. The second kappa shape index (κ2) is 8.18. The third-order valence-electron chi connectivity index (χ3n) is 4.65. The van der Waals surface area contributed by atoms with Gasteiger partial charge in [-0.15, -0.1) is 0 Å². The molecule has 0 radical (unpaired) electrons. The van der Waals surface area contributed by atoms with Crippen LogP contribution < -0.4 is 56.7 Å². The van der Waals surface area contributed by atoms with Crippen molar-refractivity contribution in [2.45, 2.75) is 9.79 Å². The predicted molar refractivity (Wildman–Crippen MR) is 108 cm³/mol. The van der Waals surface area contributed by atoms with Gasteiger partial charge in [0.25, 0.3) is 0 Å². The van der Waals surface area contributed by atoms with Crippen LogP contribution in [-0.4, -0.2) is 16.1 Å². The van der Waals surface area contributed by atoms with Gasteiger partial charge in [0.2, 0.25) is 0 Å². The summed E-state index contributed by atoms with van der Waals surface area (Å²) in [4.78, 5) is 18.5. The summed E-state index contributed by atoms with van der Waals surface area (Å²) < 4.78 is 13.6. The molecule has 0 bridgehead atoms. The minimum absolute atomic E-state index is 0. The Balaban J connectivity index is 0.00000205. The summed E-state index contributed by atoms with van der Waals surface area (Å²) in [6.07, 6.45) is 0. The molecule has 0 atom stereocenters. The van der Waals surface area contributed by atoms with Crippen LogP contribution in [0.1, 0.15) is 10.4 Å². The number of halogens is 1. The average molecular weight is 428 g/mol. The number of carboxylic acids is 1. The minimum atomic E-state index is -1.11. The Morgan fingerprint density at radius 3 is 2.59 bits per heavy atom. The van der Waals surface area contributed by atoms with E-state index in [1.807, 2.05) is 36.4 Å². The fourth-order valence-corrected chi connectivity index (χ4v) is 4.29. The summed E-state index contributed by atoms with van der Waals surface area (Å²) in [5.41, 5.74) is 3.78. The summed E-state index contributed by atoms with van der Waals surface area (Å²) in [6.45, 7) is 0. The maximum absolute atomic E-state index is 13.6. The van der Waals surface area contributed by atoms with E-state index in [1.165, 1.54) is 24.3 Å². The maximum atomic E-state index is 13.6. The van der Waals surface area contributed by atoms with Crippen molar-refractivity contribution < 1.29 is 65.7 Å². The molecular weight excluding hydrogens is 414 g/mol. The zero-order chi connectivity index (χ0) is 19.3. The Bertz CT molecular complexity index is 1280. The number of para-hydroxylation sites is 1. The van der Waals surface area contributed by atoms with Gasteiger partial charge in [-0.05, 0) is 48.5 Å². The van der Waals surface area contributed by atoms with E-state index >= 15 is 0 Å². The van der Waals surface area contributed by atoms with Crippen molar-refractivity contribution in [3.63, 3.8) is 0 Å². The first-order valence-corrected chi connectivity index (χ1v) is 9.42. The molecule has 0 unspecified atom stereocenters. The molecule has 4 nitrogen and oxygen atoms in total. The van der Waals surface area contributed by atoms with Crippen molar-refractivity contribution in [1.82, 2.24) is 4.98 Å². The molecule has 2 heterocycles. The topological polar surface area (TPSA) is 62.2 Å². The van der Waals surface area contributed by atoms with Crippen LogP contribution in [0.4, 0.5) is 15.8 Å². The van der Waals surface area contributed by atoms with Crippen LogP contribution >= 0.6 is 11.8 Å². The number of aromatic nitrogens is 1. The van der Waals surface area contributed by atoms with Gasteiger partial charge in [0, 0.05) is 20.7 Å². The number of nitrogens with one attached hydrogen (secondary N) is 1. The van der Waals surface area contributed by atoms with Crippen LogP contribution in [0.15, 0.2) is 76.5 Å². The number of fused-ring (bicyclic) bond motifs is 3. The third-order valence-corrected chi connectivity index (χ3v) is 5.80. The monoisotopic (exact) mass is 427 g/mol. The molecule has 3 aromatic carbocycles. The van der Waals surface area contributed by atoms with Crippen LogP contribution in [0, 0.1) is 5.82 Å². The smallest absolute Gasteiger partial charge is 0.478 e. The van der Waals surface area contributed by atoms with Gasteiger partial charge in [0.1, 0.15) is 5.82 Å². The Labute approximate surface area is 213 Å². The van der Waals surface area contributed by atoms with E-state index in [4.69, 9.17) is 0 Å². The number of anilines is 2. The van der Waals surface area contributed by atoms with E-state index in [1.54, 1.807) is 11.8 Å². The van der Waals surface area contributed by atoms with Crippen molar-refractivity contribution in [2.24, 2.45) is 0 Å². The first-order chi connectivity index (χ1) is 13.6. The Kier molecular flexibility index (Phi) is 5.79. The summed E-state index contributed by atoms with van der Waals surface area (Å²) in [5.74, 6) is -1.60. The van der Waals surface area contributed by atoms with Gasteiger partial charge in [-0.1, -0.05) is 30.0 Å². The van der Waals surface area contributed by atoms with Gasteiger partial charge >= 0.3 is 57.4 Å². The number of benzene rings is 3. The molecule has 0 amide bonds. The Morgan fingerprint density at radius 1 is 0.966 bits per heavy atom. The van der Waals surface area contributed by atoms with E-state index in [0.717, 1.165) is 26.7 Å². The number of carbonyl (C=O) groups is 1. The number of pyridine rings is 1. The van der Waals surface area contributed by atoms with Crippen molar-refractivity contribution in [2.75, 3.05) is 5.32 Å². The molecule has 0 aliphatic carbocycles. The van der Waals surface area contributed by atoms with E-state index in [2.05, 4.69) is 16.4 Å². The first-order valence-electron chi connectivity index (χ1n) is 8.60. The molecular formula is C22H13FKN2O2S+. The van der Waals surface area contributed by atoms with Gasteiger partial charge in [0.15, 0.2) is 0 Å². The number of hydrogen-bond acceptors (Lipinski definition) is 4. The Hall–Kier alpha value is -1.74. The quantitative estimate of drug-likeness (QED) is 0.424. The molecule has 0 saturated heterocycles. The van der Waals surface area contributed by atoms with Gasteiger partial charge in [-0.2, -0.15) is 0 Å². The molecule has 5 rings (SSSR count). The largest absolute Gasteiger partial charge is 1.00 e. The van der Waals surface area contributed by atoms with E-state index in [0.29, 0.717) is 11.2 Å². The summed E-state index contributed by atoms with van der Waals surface area (Å²) in [5, 5.41) is 13.3. The maximum Gasteiger partial charge on any atom is 1.00 e. The van der Waals surface area contributed by atoms with E-state index < -0.39 is 11.8 Å². The summed E-state index contributed by atoms with van der Waals surface area (Å²) in [6, 6.07) is 19.4. The zero-order valence-corrected chi connectivity index (χ0v) is 19.4.